The Morgan fingerprint density at radius 2 is 1.81 bits per heavy atom. The summed E-state index contributed by atoms with van der Waals surface area (Å²) in [4.78, 5) is 1.38. The lowest BCUT2D eigenvalue weighted by atomic mass is 10.1. The molecule has 1 N–H and O–H groups in total. The topological polar surface area (TPSA) is 12.0 Å². The molecule has 0 spiro atoms. The molecule has 0 saturated carbocycles. The molecule has 1 atom stereocenters. The summed E-state index contributed by atoms with van der Waals surface area (Å²) >= 11 is 1.94. The molecule has 16 heavy (non-hydrogen) atoms. The van der Waals surface area contributed by atoms with E-state index in [9.17, 15) is 0 Å². The fourth-order valence-corrected chi connectivity index (χ4v) is 2.52. The van der Waals surface area contributed by atoms with Gasteiger partial charge in [-0.3, -0.25) is 0 Å². The zero-order valence-electron chi connectivity index (χ0n) is 10.8. The van der Waals surface area contributed by atoms with E-state index in [0.717, 1.165) is 12.3 Å². The van der Waals surface area contributed by atoms with E-state index in [1.807, 2.05) is 18.8 Å². The van der Waals surface area contributed by atoms with Crippen molar-refractivity contribution in [3.8, 4) is 0 Å². The summed E-state index contributed by atoms with van der Waals surface area (Å²) in [6.45, 7) is 6.73. The van der Waals surface area contributed by atoms with Crippen LogP contribution in [0.2, 0.25) is 0 Å². The quantitative estimate of drug-likeness (QED) is 0.747. The number of thioether (sulfide) groups is 1. The third kappa shape index (κ3) is 4.18. The van der Waals surface area contributed by atoms with Crippen LogP contribution in [0.4, 0.5) is 0 Å². The fraction of sp³-hybridized carbons (Fsp3) is 0.571. The van der Waals surface area contributed by atoms with Gasteiger partial charge in [0.15, 0.2) is 0 Å². The fourth-order valence-electron chi connectivity index (χ4n) is 1.67. The van der Waals surface area contributed by atoms with Gasteiger partial charge < -0.3 is 5.32 Å². The van der Waals surface area contributed by atoms with Crippen LogP contribution in [-0.4, -0.2) is 12.8 Å². The monoisotopic (exact) mass is 237 g/mol. The minimum atomic E-state index is 0.490. The lowest BCUT2D eigenvalue weighted by molar-refractivity contribution is 0.576. The Bertz CT molecular complexity index is 288. The summed E-state index contributed by atoms with van der Waals surface area (Å²) in [5.41, 5.74) is 1.39. The molecule has 0 heterocycles. The van der Waals surface area contributed by atoms with Gasteiger partial charge in [0.25, 0.3) is 0 Å². The maximum atomic E-state index is 3.33. The van der Waals surface area contributed by atoms with E-state index >= 15 is 0 Å². The van der Waals surface area contributed by atoms with Crippen LogP contribution in [0.5, 0.6) is 0 Å². The molecule has 0 fully saturated rings. The highest BCUT2D eigenvalue weighted by molar-refractivity contribution is 7.99. The molecule has 0 aliphatic rings. The highest BCUT2D eigenvalue weighted by Crippen LogP contribution is 2.23. The van der Waals surface area contributed by atoms with E-state index in [1.54, 1.807) is 0 Å². The SMILES string of the molecule is CCC(NC)c1ccc(SCC(C)C)cc1. The van der Waals surface area contributed by atoms with Crippen molar-refractivity contribution in [2.75, 3.05) is 12.8 Å². The van der Waals surface area contributed by atoms with Crippen molar-refractivity contribution in [2.45, 2.75) is 38.1 Å². The summed E-state index contributed by atoms with van der Waals surface area (Å²) < 4.78 is 0. The van der Waals surface area contributed by atoms with Crippen LogP contribution in [-0.2, 0) is 0 Å². The molecule has 1 aromatic carbocycles. The maximum Gasteiger partial charge on any atom is 0.0314 e. The zero-order valence-corrected chi connectivity index (χ0v) is 11.6. The van der Waals surface area contributed by atoms with Gasteiger partial charge in [0.1, 0.15) is 0 Å². The van der Waals surface area contributed by atoms with E-state index < -0.39 is 0 Å². The number of hydrogen-bond acceptors (Lipinski definition) is 2. The molecule has 0 bridgehead atoms. The summed E-state index contributed by atoms with van der Waals surface area (Å²) in [5, 5.41) is 3.33. The molecule has 1 rings (SSSR count). The number of rotatable bonds is 6. The average molecular weight is 237 g/mol. The van der Waals surface area contributed by atoms with Gasteiger partial charge in [-0.2, -0.15) is 0 Å². The minimum absolute atomic E-state index is 0.490. The Labute approximate surface area is 104 Å². The van der Waals surface area contributed by atoms with Crippen LogP contribution in [0.1, 0.15) is 38.8 Å². The standard InChI is InChI=1S/C14H23NS/c1-5-14(15-4)12-6-8-13(9-7-12)16-10-11(2)3/h6-9,11,14-15H,5,10H2,1-4H3. The van der Waals surface area contributed by atoms with Gasteiger partial charge in [-0.1, -0.05) is 32.9 Å². The second kappa shape index (κ2) is 6.97. The van der Waals surface area contributed by atoms with E-state index in [1.165, 1.54) is 16.2 Å². The van der Waals surface area contributed by atoms with Crippen LogP contribution in [0, 0.1) is 5.92 Å². The summed E-state index contributed by atoms with van der Waals surface area (Å²) in [7, 11) is 2.02. The second-order valence-corrected chi connectivity index (χ2v) is 5.62. The van der Waals surface area contributed by atoms with Crippen LogP contribution >= 0.6 is 11.8 Å². The molecular weight excluding hydrogens is 214 g/mol. The van der Waals surface area contributed by atoms with Crippen molar-refractivity contribution in [1.29, 1.82) is 0 Å². The number of hydrogen-bond donors (Lipinski definition) is 1. The van der Waals surface area contributed by atoms with Gasteiger partial charge in [-0.15, -0.1) is 11.8 Å². The predicted molar refractivity (Wildman–Crippen MR) is 74.1 cm³/mol. The lowest BCUT2D eigenvalue weighted by Gasteiger charge is -2.14. The maximum absolute atomic E-state index is 3.33. The highest BCUT2D eigenvalue weighted by Gasteiger charge is 2.05. The van der Waals surface area contributed by atoms with Crippen molar-refractivity contribution in [1.82, 2.24) is 5.32 Å². The van der Waals surface area contributed by atoms with Crippen molar-refractivity contribution in [3.05, 3.63) is 29.8 Å². The third-order valence-corrected chi connectivity index (χ3v) is 4.06. The molecular formula is C14H23NS. The van der Waals surface area contributed by atoms with E-state index in [-0.39, 0.29) is 0 Å². The van der Waals surface area contributed by atoms with Gasteiger partial charge in [-0.25, -0.2) is 0 Å². The first-order chi connectivity index (χ1) is 7.67. The van der Waals surface area contributed by atoms with Gasteiger partial charge in [0, 0.05) is 16.7 Å². The number of benzene rings is 1. The molecule has 2 heteroatoms. The Balaban J connectivity index is 2.60. The van der Waals surface area contributed by atoms with Crippen LogP contribution in [0.3, 0.4) is 0 Å². The Kier molecular flexibility index (Phi) is 5.93. The molecule has 1 unspecified atom stereocenters. The molecule has 0 saturated heterocycles. The normalized spacial score (nSPS) is 13.1. The van der Waals surface area contributed by atoms with Gasteiger partial charge in [0.2, 0.25) is 0 Å². The first-order valence-electron chi connectivity index (χ1n) is 6.07. The first kappa shape index (κ1) is 13.6. The highest BCUT2D eigenvalue weighted by atomic mass is 32.2. The van der Waals surface area contributed by atoms with Crippen molar-refractivity contribution >= 4 is 11.8 Å². The van der Waals surface area contributed by atoms with Crippen molar-refractivity contribution in [3.63, 3.8) is 0 Å². The van der Waals surface area contributed by atoms with Gasteiger partial charge in [-0.05, 0) is 37.1 Å². The van der Waals surface area contributed by atoms with Crippen LogP contribution in [0.15, 0.2) is 29.2 Å². The Morgan fingerprint density at radius 1 is 1.19 bits per heavy atom. The third-order valence-electron chi connectivity index (χ3n) is 2.62. The van der Waals surface area contributed by atoms with Gasteiger partial charge in [0.05, 0.1) is 0 Å². The zero-order chi connectivity index (χ0) is 12.0. The minimum Gasteiger partial charge on any atom is -0.313 e. The van der Waals surface area contributed by atoms with Crippen LogP contribution in [0.25, 0.3) is 0 Å². The summed E-state index contributed by atoms with van der Waals surface area (Å²) in [6.07, 6.45) is 1.13. The van der Waals surface area contributed by atoms with E-state index in [0.29, 0.717) is 6.04 Å². The predicted octanol–water partition coefficient (Wildman–Crippen LogP) is 4.11. The Hall–Kier alpha value is -0.470. The van der Waals surface area contributed by atoms with E-state index in [4.69, 9.17) is 0 Å². The van der Waals surface area contributed by atoms with Gasteiger partial charge >= 0.3 is 0 Å². The molecule has 0 aliphatic heterocycles. The molecule has 1 nitrogen and oxygen atoms in total. The molecule has 0 aliphatic carbocycles. The van der Waals surface area contributed by atoms with E-state index in [2.05, 4.69) is 50.4 Å². The number of nitrogens with one attached hydrogen (secondary N) is 1. The average Bonchev–Trinajstić information content (AvgIpc) is 2.29. The lowest BCUT2D eigenvalue weighted by Crippen LogP contribution is -2.14. The van der Waals surface area contributed by atoms with Crippen molar-refractivity contribution < 1.29 is 0 Å². The molecule has 0 aromatic heterocycles. The molecule has 0 amide bonds. The summed E-state index contributed by atoms with van der Waals surface area (Å²) in [5.74, 6) is 1.95. The molecule has 1 aromatic rings. The Morgan fingerprint density at radius 3 is 2.25 bits per heavy atom. The molecule has 0 radical (unpaired) electrons. The van der Waals surface area contributed by atoms with Crippen molar-refractivity contribution in [2.24, 2.45) is 5.92 Å². The molecule has 90 valence electrons. The summed E-state index contributed by atoms with van der Waals surface area (Å²) in [6, 6.07) is 9.45. The largest absolute Gasteiger partial charge is 0.313 e. The van der Waals surface area contributed by atoms with Crippen LogP contribution < -0.4 is 5.32 Å². The smallest absolute Gasteiger partial charge is 0.0314 e. The first-order valence-corrected chi connectivity index (χ1v) is 7.06. The second-order valence-electron chi connectivity index (χ2n) is 4.52.